The maximum Gasteiger partial charge on any atom is 0.288 e. The molecule has 0 unspecified atom stereocenters. The molecule has 2 amide bonds. The van der Waals surface area contributed by atoms with Crippen molar-refractivity contribution in [3.8, 4) is 0 Å². The van der Waals surface area contributed by atoms with Crippen LogP contribution in [0.1, 0.15) is 52.1 Å². The van der Waals surface area contributed by atoms with E-state index in [1.165, 1.54) is 0 Å². The Bertz CT molecular complexity index is 946. The van der Waals surface area contributed by atoms with E-state index >= 15 is 0 Å². The average molecular weight is 338 g/mol. The second kappa shape index (κ2) is 6.72. The van der Waals surface area contributed by atoms with Gasteiger partial charge in [-0.15, -0.1) is 0 Å². The highest BCUT2D eigenvalue weighted by atomic mass is 16.5. The number of para-hydroxylation sites is 1. The third kappa shape index (κ3) is 3.35. The molecular formula is C18H18N4O3. The van der Waals surface area contributed by atoms with Crippen molar-refractivity contribution in [2.75, 3.05) is 0 Å². The number of hydrogen-bond acceptors (Lipinski definition) is 5. The van der Waals surface area contributed by atoms with Gasteiger partial charge in [0, 0.05) is 11.3 Å². The molecule has 0 atom stereocenters. The van der Waals surface area contributed by atoms with E-state index in [1.54, 1.807) is 19.1 Å². The van der Waals surface area contributed by atoms with Crippen LogP contribution in [0.4, 0.5) is 0 Å². The van der Waals surface area contributed by atoms with Crippen LogP contribution in [0.3, 0.4) is 0 Å². The number of hydrazine groups is 1. The van der Waals surface area contributed by atoms with E-state index in [4.69, 9.17) is 4.52 Å². The Balaban J connectivity index is 1.73. The number of carbonyl (C=O) groups is 2. The zero-order valence-electron chi connectivity index (χ0n) is 14.2. The fourth-order valence-electron chi connectivity index (χ4n) is 2.49. The smallest absolute Gasteiger partial charge is 0.288 e. The summed E-state index contributed by atoms with van der Waals surface area (Å²) in [5.41, 5.74) is 6.49. The predicted molar refractivity (Wildman–Crippen MR) is 92.0 cm³/mol. The molecule has 0 aliphatic rings. The summed E-state index contributed by atoms with van der Waals surface area (Å²) in [6, 6.07) is 10.9. The van der Waals surface area contributed by atoms with Gasteiger partial charge in [0.05, 0.1) is 11.2 Å². The first kappa shape index (κ1) is 16.6. The Hall–Kier alpha value is -3.22. The van der Waals surface area contributed by atoms with Gasteiger partial charge in [0.2, 0.25) is 0 Å². The molecule has 0 aliphatic heterocycles. The van der Waals surface area contributed by atoms with Crippen LogP contribution in [-0.4, -0.2) is 22.0 Å². The molecule has 7 heteroatoms. The number of carbonyl (C=O) groups excluding carboxylic acids is 2. The van der Waals surface area contributed by atoms with Gasteiger partial charge in [0.25, 0.3) is 11.8 Å². The summed E-state index contributed by atoms with van der Waals surface area (Å²) in [5.74, 6) is -0.496. The lowest BCUT2D eigenvalue weighted by molar-refractivity contribution is 0.0842. The highest BCUT2D eigenvalue weighted by Gasteiger charge is 2.23. The van der Waals surface area contributed by atoms with Crippen LogP contribution in [-0.2, 0) is 0 Å². The van der Waals surface area contributed by atoms with Crippen LogP contribution in [0.25, 0.3) is 10.9 Å². The van der Waals surface area contributed by atoms with Gasteiger partial charge in [-0.2, -0.15) is 0 Å². The largest absolute Gasteiger partial charge is 0.360 e. The first-order valence-electron chi connectivity index (χ1n) is 7.90. The maximum atomic E-state index is 12.4. The van der Waals surface area contributed by atoms with Crippen molar-refractivity contribution in [2.45, 2.75) is 26.7 Å². The molecule has 0 saturated heterocycles. The minimum atomic E-state index is -0.501. The van der Waals surface area contributed by atoms with Crippen LogP contribution >= 0.6 is 0 Å². The molecule has 0 aliphatic carbocycles. The quantitative estimate of drug-likeness (QED) is 0.716. The molecule has 0 saturated carbocycles. The van der Waals surface area contributed by atoms with Crippen molar-refractivity contribution in [3.63, 3.8) is 0 Å². The SMILES string of the molecule is Cc1noc(C(C)C)c1C(=O)NNC(=O)c1ccc2ccccc2n1. The fraction of sp³-hybridized carbons (Fsp3) is 0.222. The zero-order chi connectivity index (χ0) is 18.0. The van der Waals surface area contributed by atoms with Crippen molar-refractivity contribution in [1.29, 1.82) is 0 Å². The lowest BCUT2D eigenvalue weighted by Crippen LogP contribution is -2.42. The van der Waals surface area contributed by atoms with E-state index in [-0.39, 0.29) is 11.6 Å². The normalized spacial score (nSPS) is 10.9. The van der Waals surface area contributed by atoms with Gasteiger partial charge in [-0.25, -0.2) is 4.98 Å². The van der Waals surface area contributed by atoms with Gasteiger partial charge >= 0.3 is 0 Å². The number of amides is 2. The van der Waals surface area contributed by atoms with Gasteiger partial charge in [-0.05, 0) is 19.1 Å². The van der Waals surface area contributed by atoms with Crippen LogP contribution in [0.15, 0.2) is 40.9 Å². The molecular weight excluding hydrogens is 320 g/mol. The molecule has 0 fully saturated rings. The van der Waals surface area contributed by atoms with E-state index < -0.39 is 11.8 Å². The summed E-state index contributed by atoms with van der Waals surface area (Å²) >= 11 is 0. The van der Waals surface area contributed by atoms with Crippen LogP contribution in [0, 0.1) is 6.92 Å². The summed E-state index contributed by atoms with van der Waals surface area (Å²) < 4.78 is 5.18. The van der Waals surface area contributed by atoms with E-state index in [0.29, 0.717) is 22.5 Å². The highest BCUT2D eigenvalue weighted by molar-refractivity contribution is 6.00. The molecule has 2 aromatic heterocycles. The van der Waals surface area contributed by atoms with Gasteiger partial charge < -0.3 is 4.52 Å². The monoisotopic (exact) mass is 338 g/mol. The fourth-order valence-corrected chi connectivity index (χ4v) is 2.49. The Morgan fingerprint density at radius 2 is 1.76 bits per heavy atom. The second-order valence-corrected chi connectivity index (χ2v) is 5.96. The predicted octanol–water partition coefficient (Wildman–Crippen LogP) is 2.73. The lowest BCUT2D eigenvalue weighted by Gasteiger charge is -2.08. The van der Waals surface area contributed by atoms with Gasteiger partial charge in [0.15, 0.2) is 5.76 Å². The van der Waals surface area contributed by atoms with Crippen molar-refractivity contribution >= 4 is 22.7 Å². The highest BCUT2D eigenvalue weighted by Crippen LogP contribution is 2.21. The number of hydrogen-bond donors (Lipinski definition) is 2. The van der Waals surface area contributed by atoms with Crippen molar-refractivity contribution in [1.82, 2.24) is 21.0 Å². The number of nitrogens with one attached hydrogen (secondary N) is 2. The van der Waals surface area contributed by atoms with Crippen LogP contribution in [0.5, 0.6) is 0 Å². The van der Waals surface area contributed by atoms with Crippen molar-refractivity contribution < 1.29 is 14.1 Å². The number of aryl methyl sites for hydroxylation is 1. The van der Waals surface area contributed by atoms with E-state index in [9.17, 15) is 9.59 Å². The molecule has 2 heterocycles. The molecule has 0 bridgehead atoms. The topological polar surface area (TPSA) is 97.1 Å². The van der Waals surface area contributed by atoms with Crippen molar-refractivity contribution in [3.05, 3.63) is 59.1 Å². The maximum absolute atomic E-state index is 12.4. The minimum absolute atomic E-state index is 0.000180. The summed E-state index contributed by atoms with van der Waals surface area (Å²) in [7, 11) is 0. The summed E-state index contributed by atoms with van der Waals surface area (Å²) in [6.07, 6.45) is 0. The molecule has 1 aromatic carbocycles. The average Bonchev–Trinajstić information content (AvgIpc) is 3.01. The molecule has 128 valence electrons. The molecule has 3 rings (SSSR count). The Morgan fingerprint density at radius 3 is 2.52 bits per heavy atom. The van der Waals surface area contributed by atoms with E-state index in [1.807, 2.05) is 38.1 Å². The van der Waals surface area contributed by atoms with E-state index in [0.717, 1.165) is 5.39 Å². The number of nitrogens with zero attached hydrogens (tertiary/aromatic N) is 2. The summed E-state index contributed by atoms with van der Waals surface area (Å²) in [5, 5.41) is 4.75. The first-order chi connectivity index (χ1) is 12.0. The number of benzene rings is 1. The standard InChI is InChI=1S/C18H18N4O3/c1-10(2)16-15(11(3)22-25-16)18(24)21-20-17(23)14-9-8-12-6-4-5-7-13(12)19-14/h4-10H,1-3H3,(H,20,23)(H,21,24). The van der Waals surface area contributed by atoms with Crippen molar-refractivity contribution in [2.24, 2.45) is 0 Å². The van der Waals surface area contributed by atoms with Gasteiger partial charge in [-0.3, -0.25) is 20.4 Å². The summed E-state index contributed by atoms with van der Waals surface area (Å²) in [4.78, 5) is 28.9. The number of aromatic nitrogens is 2. The molecule has 0 radical (unpaired) electrons. The van der Waals surface area contributed by atoms with Crippen LogP contribution < -0.4 is 10.9 Å². The molecule has 3 aromatic rings. The second-order valence-electron chi connectivity index (χ2n) is 5.96. The zero-order valence-corrected chi connectivity index (χ0v) is 14.2. The Kier molecular flexibility index (Phi) is 4.47. The first-order valence-corrected chi connectivity index (χ1v) is 7.90. The van der Waals surface area contributed by atoms with Gasteiger partial charge in [-0.1, -0.05) is 43.3 Å². The molecule has 0 spiro atoms. The number of pyridine rings is 1. The number of rotatable bonds is 3. The van der Waals surface area contributed by atoms with E-state index in [2.05, 4.69) is 21.0 Å². The molecule has 7 nitrogen and oxygen atoms in total. The summed E-state index contributed by atoms with van der Waals surface area (Å²) in [6.45, 7) is 5.47. The molecule has 2 N–H and O–H groups in total. The Morgan fingerprint density at radius 1 is 1.04 bits per heavy atom. The van der Waals surface area contributed by atoms with Crippen LogP contribution in [0.2, 0.25) is 0 Å². The lowest BCUT2D eigenvalue weighted by atomic mass is 10.1. The third-order valence-electron chi connectivity index (χ3n) is 3.76. The third-order valence-corrected chi connectivity index (χ3v) is 3.76. The van der Waals surface area contributed by atoms with Gasteiger partial charge in [0.1, 0.15) is 11.3 Å². The number of fused-ring (bicyclic) bond motifs is 1. The minimum Gasteiger partial charge on any atom is -0.360 e. The molecule has 25 heavy (non-hydrogen) atoms. The Labute approximate surface area is 144 Å².